The van der Waals surface area contributed by atoms with Crippen molar-refractivity contribution in [1.82, 2.24) is 0 Å². The van der Waals surface area contributed by atoms with E-state index < -0.39 is 9.93 Å². The second-order valence-electron chi connectivity index (χ2n) is 4.61. The van der Waals surface area contributed by atoms with Crippen LogP contribution in [0, 0.1) is 5.92 Å². The molecule has 0 spiro atoms. The van der Waals surface area contributed by atoms with E-state index in [1.165, 1.54) is 19.8 Å². The highest BCUT2D eigenvalue weighted by molar-refractivity contribution is 6.52. The Hall–Kier alpha value is 0.0500. The van der Waals surface area contributed by atoms with E-state index in [0.29, 0.717) is 0 Å². The summed E-state index contributed by atoms with van der Waals surface area (Å²) in [4.78, 5) is 11.1. The first-order valence-corrected chi connectivity index (χ1v) is 6.34. The molecule has 0 N–H and O–H groups in total. The number of alkyl halides is 2. The van der Waals surface area contributed by atoms with Gasteiger partial charge in [0.25, 0.3) is 0 Å². The summed E-state index contributed by atoms with van der Waals surface area (Å²) in [5.74, 6) is -0.138. The normalized spacial score (nSPS) is 38.5. The fraction of sp³-hybridized carbons (Fsp3) is 0.909. The summed E-state index contributed by atoms with van der Waals surface area (Å²) in [5.41, 5.74) is -0.581. The van der Waals surface area contributed by atoms with Gasteiger partial charge in [0, 0.05) is 12.8 Å². The lowest BCUT2D eigenvalue weighted by Crippen LogP contribution is -2.25. The second kappa shape index (κ2) is 3.81. The van der Waals surface area contributed by atoms with Gasteiger partial charge in [-0.05, 0) is 19.3 Å². The maximum atomic E-state index is 11.1. The fourth-order valence-electron chi connectivity index (χ4n) is 2.80. The number of hydrogen-bond acceptors (Lipinski definition) is 2. The lowest BCUT2D eigenvalue weighted by atomic mass is 9.98. The molecule has 86 valence electrons. The number of carbonyl (C=O) groups is 1. The van der Waals surface area contributed by atoms with Crippen molar-refractivity contribution in [2.75, 3.05) is 0 Å². The number of ether oxygens (including phenoxy) is 1. The predicted octanol–water partition coefficient (Wildman–Crippen LogP) is 3.45. The molecule has 4 heteroatoms. The lowest BCUT2D eigenvalue weighted by molar-refractivity contribution is -0.150. The van der Waals surface area contributed by atoms with Crippen molar-refractivity contribution < 1.29 is 9.53 Å². The standard InChI is InChI=1S/C11H16Cl2O2/c1-8(14)15-10-7-5-3-2-4-6-9(10)11(10,12)13/h9H,2-7H2,1H3. The minimum atomic E-state index is -0.844. The van der Waals surface area contributed by atoms with Crippen LogP contribution in [-0.4, -0.2) is 15.9 Å². The molecule has 0 aromatic rings. The zero-order valence-electron chi connectivity index (χ0n) is 8.89. The van der Waals surface area contributed by atoms with Gasteiger partial charge >= 0.3 is 5.97 Å². The first-order chi connectivity index (χ1) is 7.01. The van der Waals surface area contributed by atoms with E-state index in [2.05, 4.69) is 0 Å². The second-order valence-corrected chi connectivity index (χ2v) is 6.00. The lowest BCUT2D eigenvalue weighted by Gasteiger charge is -2.20. The molecule has 0 radical (unpaired) electrons. The molecule has 2 saturated carbocycles. The van der Waals surface area contributed by atoms with Crippen molar-refractivity contribution >= 4 is 29.2 Å². The van der Waals surface area contributed by atoms with Gasteiger partial charge in [0.05, 0.1) is 0 Å². The van der Waals surface area contributed by atoms with E-state index in [-0.39, 0.29) is 11.9 Å². The Balaban J connectivity index is 2.15. The van der Waals surface area contributed by atoms with Crippen LogP contribution in [0.25, 0.3) is 0 Å². The number of hydrogen-bond donors (Lipinski definition) is 0. The van der Waals surface area contributed by atoms with E-state index in [4.69, 9.17) is 27.9 Å². The van der Waals surface area contributed by atoms with Crippen molar-refractivity contribution in [2.24, 2.45) is 5.92 Å². The third-order valence-corrected chi connectivity index (χ3v) is 4.76. The molecule has 2 nitrogen and oxygen atoms in total. The van der Waals surface area contributed by atoms with Gasteiger partial charge in [0.1, 0.15) is 0 Å². The molecule has 2 rings (SSSR count). The summed E-state index contributed by atoms with van der Waals surface area (Å²) in [5, 5.41) is 0. The summed E-state index contributed by atoms with van der Waals surface area (Å²) in [6, 6.07) is 0. The van der Waals surface area contributed by atoms with Crippen LogP contribution >= 0.6 is 23.2 Å². The van der Waals surface area contributed by atoms with Crippen LogP contribution in [0.15, 0.2) is 0 Å². The Bertz CT molecular complexity index is 278. The number of fused-ring (bicyclic) bond motifs is 1. The topological polar surface area (TPSA) is 26.3 Å². The minimum absolute atomic E-state index is 0.137. The van der Waals surface area contributed by atoms with Gasteiger partial charge in [-0.3, -0.25) is 4.79 Å². The van der Waals surface area contributed by atoms with E-state index in [1.54, 1.807) is 0 Å². The third-order valence-electron chi connectivity index (χ3n) is 3.60. The van der Waals surface area contributed by atoms with E-state index in [9.17, 15) is 4.79 Å². The molecule has 0 bridgehead atoms. The highest BCUT2D eigenvalue weighted by Crippen LogP contribution is 2.69. The Morgan fingerprint density at radius 3 is 2.60 bits per heavy atom. The first-order valence-electron chi connectivity index (χ1n) is 5.58. The van der Waals surface area contributed by atoms with Crippen LogP contribution in [0.5, 0.6) is 0 Å². The molecule has 0 amide bonds. The summed E-state index contributed by atoms with van der Waals surface area (Å²) in [6.07, 6.45) is 6.38. The Morgan fingerprint density at radius 2 is 1.93 bits per heavy atom. The molecule has 0 aliphatic heterocycles. The maximum absolute atomic E-state index is 11.1. The van der Waals surface area contributed by atoms with Crippen molar-refractivity contribution in [3.8, 4) is 0 Å². The molecular weight excluding hydrogens is 235 g/mol. The van der Waals surface area contributed by atoms with Crippen molar-refractivity contribution in [3.63, 3.8) is 0 Å². The maximum Gasteiger partial charge on any atom is 0.303 e. The number of halogens is 2. The summed E-state index contributed by atoms with van der Waals surface area (Å²) >= 11 is 12.5. The third kappa shape index (κ3) is 1.76. The molecule has 0 aromatic heterocycles. The van der Waals surface area contributed by atoms with Gasteiger partial charge < -0.3 is 4.74 Å². The largest absolute Gasteiger partial charge is 0.456 e. The average Bonchev–Trinajstić information content (AvgIpc) is 2.47. The highest BCUT2D eigenvalue weighted by Gasteiger charge is 2.78. The van der Waals surface area contributed by atoms with Crippen LogP contribution in [0.3, 0.4) is 0 Å². The molecule has 0 aromatic carbocycles. The van der Waals surface area contributed by atoms with Gasteiger partial charge in [-0.25, -0.2) is 0 Å². The summed E-state index contributed by atoms with van der Waals surface area (Å²) < 4.78 is 4.56. The molecule has 2 aliphatic rings. The van der Waals surface area contributed by atoms with Crippen molar-refractivity contribution in [2.45, 2.75) is 55.4 Å². The van der Waals surface area contributed by atoms with Gasteiger partial charge in [-0.15, -0.1) is 0 Å². The van der Waals surface area contributed by atoms with Gasteiger partial charge in [0.15, 0.2) is 9.93 Å². The van der Waals surface area contributed by atoms with E-state index >= 15 is 0 Å². The van der Waals surface area contributed by atoms with E-state index in [1.807, 2.05) is 0 Å². The van der Waals surface area contributed by atoms with E-state index in [0.717, 1.165) is 25.7 Å². The van der Waals surface area contributed by atoms with Crippen LogP contribution < -0.4 is 0 Å². The smallest absolute Gasteiger partial charge is 0.303 e. The monoisotopic (exact) mass is 250 g/mol. The fourth-order valence-corrected chi connectivity index (χ4v) is 3.79. The molecule has 2 aliphatic carbocycles. The summed E-state index contributed by atoms with van der Waals surface area (Å²) in [7, 11) is 0. The van der Waals surface area contributed by atoms with Gasteiger partial charge in [-0.1, -0.05) is 42.5 Å². The molecule has 2 unspecified atom stereocenters. The summed E-state index contributed by atoms with van der Waals surface area (Å²) in [6.45, 7) is 1.42. The highest BCUT2D eigenvalue weighted by atomic mass is 35.5. The number of carbonyl (C=O) groups excluding carboxylic acids is 1. The number of rotatable bonds is 1. The molecule has 0 heterocycles. The van der Waals surface area contributed by atoms with Crippen LogP contribution in [0.1, 0.15) is 45.4 Å². The van der Waals surface area contributed by atoms with Crippen LogP contribution in [0.4, 0.5) is 0 Å². The molecule has 15 heavy (non-hydrogen) atoms. The zero-order chi connectivity index (χ0) is 11.1. The molecule has 2 fully saturated rings. The van der Waals surface area contributed by atoms with Crippen LogP contribution in [0.2, 0.25) is 0 Å². The molecular formula is C11H16Cl2O2. The quantitative estimate of drug-likeness (QED) is 0.527. The predicted molar refractivity (Wildman–Crippen MR) is 60.1 cm³/mol. The van der Waals surface area contributed by atoms with Gasteiger partial charge in [0.2, 0.25) is 0 Å². The number of esters is 1. The SMILES string of the molecule is CC(=O)OC12CCCCCCC1C2(Cl)Cl. The first kappa shape index (κ1) is 11.5. The van der Waals surface area contributed by atoms with Gasteiger partial charge in [-0.2, -0.15) is 0 Å². The average molecular weight is 251 g/mol. The molecule has 0 saturated heterocycles. The minimum Gasteiger partial charge on any atom is -0.456 e. The van der Waals surface area contributed by atoms with Crippen LogP contribution in [-0.2, 0) is 9.53 Å². The Morgan fingerprint density at radius 1 is 1.27 bits per heavy atom. The zero-order valence-corrected chi connectivity index (χ0v) is 10.4. The Kier molecular flexibility index (Phi) is 2.93. The Labute approximate surface area is 100 Å². The van der Waals surface area contributed by atoms with Crippen molar-refractivity contribution in [3.05, 3.63) is 0 Å². The van der Waals surface area contributed by atoms with Crippen molar-refractivity contribution in [1.29, 1.82) is 0 Å². The molecule has 2 atom stereocenters.